The van der Waals surface area contributed by atoms with Crippen LogP contribution in [0, 0.1) is 52.6 Å². The van der Waals surface area contributed by atoms with E-state index in [0.717, 1.165) is 110 Å². The van der Waals surface area contributed by atoms with Crippen molar-refractivity contribution >= 4 is 70.4 Å². The number of aromatic nitrogens is 2. The number of alkyl halides is 3. The molecular formula is C82H91F3IrN2O2-2. The smallest absolute Gasteiger partial charge is 0.389 e. The molecule has 0 saturated heterocycles. The molecule has 0 amide bonds. The summed E-state index contributed by atoms with van der Waals surface area (Å²) in [6, 6.07) is 40.7. The third kappa shape index (κ3) is 14.8. The van der Waals surface area contributed by atoms with Gasteiger partial charge < -0.3 is 5.11 Å². The number of carbonyl (C=O) groups excluding carboxylic acids is 1. The largest absolute Gasteiger partial charge is 0.512 e. The average Bonchev–Trinajstić information content (AvgIpc) is 0.716. The van der Waals surface area contributed by atoms with E-state index in [0.29, 0.717) is 12.8 Å². The molecule has 2 aromatic heterocycles. The van der Waals surface area contributed by atoms with E-state index in [1.54, 1.807) is 6.92 Å². The van der Waals surface area contributed by atoms with Crippen molar-refractivity contribution in [2.24, 2.45) is 33.5 Å². The van der Waals surface area contributed by atoms with Gasteiger partial charge in [-0.2, -0.15) is 13.2 Å². The molecule has 12 rings (SSSR count). The Balaban J connectivity index is 0.000000176. The maximum absolute atomic E-state index is 12.3. The zero-order valence-electron chi connectivity index (χ0n) is 59.7. The number of nitrogens with zero attached hydrogens (tertiary/aromatic N) is 2. The van der Waals surface area contributed by atoms with Gasteiger partial charge in [0, 0.05) is 61.8 Å². The van der Waals surface area contributed by atoms with Crippen molar-refractivity contribution in [3.63, 3.8) is 0 Å². The molecule has 0 saturated carbocycles. The van der Waals surface area contributed by atoms with E-state index in [9.17, 15) is 23.1 Å². The van der Waals surface area contributed by atoms with Gasteiger partial charge in [-0.3, -0.25) is 14.8 Å². The van der Waals surface area contributed by atoms with Crippen molar-refractivity contribution in [2.45, 2.75) is 181 Å². The van der Waals surface area contributed by atoms with Gasteiger partial charge in [-0.25, -0.2) is 0 Å². The normalized spacial score (nSPS) is 14.3. The second-order valence-electron chi connectivity index (χ2n) is 30.2. The molecule has 2 heterocycles. The van der Waals surface area contributed by atoms with Gasteiger partial charge in [-0.1, -0.05) is 210 Å². The molecule has 0 spiro atoms. The topological polar surface area (TPSA) is 63.1 Å². The van der Waals surface area contributed by atoms with E-state index in [1.807, 2.05) is 13.8 Å². The number of aryl methyl sites for hydroxylation is 1. The number of pyridine rings is 2. The first-order valence-electron chi connectivity index (χ1n) is 34.1. The Hall–Kier alpha value is -6.73. The number of carbonyl (C=O) groups is 1. The Morgan fingerprint density at radius 1 is 0.556 bits per heavy atom. The number of ketones is 1. The number of rotatable bonds is 11. The molecule has 1 N–H and O–H groups in total. The average molecular weight is 1390 g/mol. The minimum absolute atomic E-state index is 0. The molecule has 90 heavy (non-hydrogen) atoms. The predicted octanol–water partition coefficient (Wildman–Crippen LogP) is 22.9. The fourth-order valence-corrected chi connectivity index (χ4v) is 13.7. The molecule has 1 atom stereocenters. The first-order valence-corrected chi connectivity index (χ1v) is 32.1. The first kappa shape index (κ1) is 62.1. The van der Waals surface area contributed by atoms with Gasteiger partial charge in [0.1, 0.15) is 0 Å². The first-order chi connectivity index (χ1) is 43.5. The van der Waals surface area contributed by atoms with Gasteiger partial charge >= 0.3 is 6.18 Å². The molecular weight excluding hydrogens is 1290 g/mol. The van der Waals surface area contributed by atoms with Crippen LogP contribution in [0.15, 0.2) is 127 Å². The molecule has 8 aromatic carbocycles. The number of allylic oxidation sites excluding steroid dienone is 2. The summed E-state index contributed by atoms with van der Waals surface area (Å²) in [5.74, 6) is -2.00. The van der Waals surface area contributed by atoms with E-state index >= 15 is 0 Å². The molecule has 1 radical (unpaired) electrons. The summed E-state index contributed by atoms with van der Waals surface area (Å²) < 4.78 is 72.1. The van der Waals surface area contributed by atoms with Gasteiger partial charge in [0.25, 0.3) is 0 Å². The van der Waals surface area contributed by atoms with Crippen LogP contribution in [0.3, 0.4) is 0 Å². The molecule has 10 aromatic rings. The maximum Gasteiger partial charge on any atom is 0.389 e. The Morgan fingerprint density at radius 3 is 1.43 bits per heavy atom. The quantitative estimate of drug-likeness (QED) is 0.0607. The zero-order chi connectivity index (χ0) is 67.8. The van der Waals surface area contributed by atoms with Crippen molar-refractivity contribution in [3.05, 3.63) is 189 Å². The van der Waals surface area contributed by atoms with Gasteiger partial charge in [0.15, 0.2) is 5.78 Å². The van der Waals surface area contributed by atoms with Crippen molar-refractivity contribution in [1.82, 2.24) is 9.97 Å². The molecule has 0 fully saturated rings. The number of aliphatic hydroxyl groups excluding tert-OH is 1. The molecule has 473 valence electrons. The third-order valence-corrected chi connectivity index (χ3v) is 17.6. The van der Waals surface area contributed by atoms with Gasteiger partial charge in [-0.05, 0) is 164 Å². The summed E-state index contributed by atoms with van der Waals surface area (Å²) in [4.78, 5) is 21.2. The van der Waals surface area contributed by atoms with Gasteiger partial charge in [-0.15, -0.1) is 57.3 Å². The molecule has 8 heteroatoms. The second-order valence-corrected chi connectivity index (χ2v) is 30.2. The SMILES string of the molecule is CCC(CC)C(=O)/C=C(\O)C(CC)CC(F)(F)F.[2H]c1nc2c3c(cc4c(CC(C)(C)C)cccc4c3c1[2H])Cc1c-2[c-]c2cc(C)ccc2c1CC(C)(C)C.[2H]c1nc2c3c(cc4c(CC(C)(C)C)cccc4c3c1[2H])Cc1c-2[c-]c2ccccc2c1CC(C)(C)C.[Ir]. The number of hydrogen-bond acceptors (Lipinski definition) is 4. The fraction of sp³-hybridized carbons (Fsp3) is 0.402. The maximum atomic E-state index is 12.3. The number of aliphatic hydroxyl groups is 1. The van der Waals surface area contributed by atoms with E-state index in [-0.39, 0.29) is 84.3 Å². The van der Waals surface area contributed by atoms with E-state index < -0.39 is 24.3 Å². The summed E-state index contributed by atoms with van der Waals surface area (Å²) in [6.07, 6.45) is 2.42. The van der Waals surface area contributed by atoms with Crippen molar-refractivity contribution < 1.29 is 48.7 Å². The Labute approximate surface area is 552 Å². The molecule has 2 aliphatic rings. The fourth-order valence-electron chi connectivity index (χ4n) is 13.7. The van der Waals surface area contributed by atoms with Crippen LogP contribution in [0.2, 0.25) is 0 Å². The van der Waals surface area contributed by atoms with Crippen LogP contribution in [-0.4, -0.2) is 27.0 Å². The standard InChI is InChI=1S/C35H36N.C34H34N.C13H21F3O2.Ir/c1-21-11-12-25-23(15-21)16-30-29(31(25)20-35(5,6)7)18-24-17-28-22(19-34(2,3)4)9-8-10-26(28)27-13-14-36-33(30)32(24)27;1-33(2,3)19-22-11-9-13-25-26-14-15-35-32-29-16-21-10-7-8-12-24(21)30(20-34(4,5)6)28(29)18-23(31(26)32)17-27(22)25;1-4-9(5-2)11(17)7-12(18)10(6-3)8-13(14,15)16;/h8-15,17H,18-20H2,1-7H3;7-15,17H,18-20H2,1-6H3;7,9-10,18H,4-6,8H2,1-3H3;/q2*-1;;/b;;12-7-;/i13D,14D;14D,15D;;. The van der Waals surface area contributed by atoms with Crippen molar-refractivity contribution in [3.8, 4) is 22.5 Å². The van der Waals surface area contributed by atoms with Crippen LogP contribution >= 0.6 is 0 Å². The van der Waals surface area contributed by atoms with Crippen LogP contribution in [0.5, 0.6) is 0 Å². The predicted molar refractivity (Wildman–Crippen MR) is 369 cm³/mol. The third-order valence-electron chi connectivity index (χ3n) is 17.6. The molecule has 1 unspecified atom stereocenters. The summed E-state index contributed by atoms with van der Waals surface area (Å²) in [5, 5.41) is 22.7. The van der Waals surface area contributed by atoms with Crippen LogP contribution in [0.25, 0.3) is 87.1 Å². The Morgan fingerprint density at radius 2 is 0.989 bits per heavy atom. The zero-order valence-corrected chi connectivity index (χ0v) is 58.1. The number of benzene rings is 8. The van der Waals surface area contributed by atoms with Crippen LogP contribution in [0.1, 0.15) is 185 Å². The Kier molecular flexibility index (Phi) is 18.0. The van der Waals surface area contributed by atoms with Crippen LogP contribution in [0.4, 0.5) is 13.2 Å². The van der Waals surface area contributed by atoms with E-state index in [4.69, 9.17) is 15.5 Å². The van der Waals surface area contributed by atoms with Crippen LogP contribution < -0.4 is 0 Å². The van der Waals surface area contributed by atoms with Crippen LogP contribution in [-0.2, 0) is 63.4 Å². The minimum atomic E-state index is -4.33. The summed E-state index contributed by atoms with van der Waals surface area (Å²) in [6.45, 7) is 34.8. The molecule has 4 nitrogen and oxygen atoms in total. The second kappa shape index (κ2) is 26.1. The minimum Gasteiger partial charge on any atom is -0.512 e. The monoisotopic (exact) mass is 1390 g/mol. The van der Waals surface area contributed by atoms with E-state index in [2.05, 4.69) is 193 Å². The number of fused-ring (bicyclic) bond motifs is 10. The van der Waals surface area contributed by atoms with Gasteiger partial charge in [0.05, 0.1) is 17.7 Å². The van der Waals surface area contributed by atoms with E-state index in [1.165, 1.54) is 71.6 Å². The summed E-state index contributed by atoms with van der Waals surface area (Å²) in [7, 11) is 0. The summed E-state index contributed by atoms with van der Waals surface area (Å²) in [5.41, 5.74) is 15.7. The van der Waals surface area contributed by atoms with Crippen molar-refractivity contribution in [1.29, 1.82) is 0 Å². The summed E-state index contributed by atoms with van der Waals surface area (Å²) >= 11 is 0. The van der Waals surface area contributed by atoms with Gasteiger partial charge in [0.2, 0.25) is 0 Å². The molecule has 2 aliphatic carbocycles. The number of hydrogen-bond donors (Lipinski definition) is 1. The molecule has 0 bridgehead atoms. The number of halogens is 3. The van der Waals surface area contributed by atoms with Crippen molar-refractivity contribution in [2.75, 3.05) is 0 Å². The molecule has 0 aliphatic heterocycles. The Bertz CT molecular complexity index is 4630.